The molecular weight excluding hydrogens is 251 g/mol. The van der Waals surface area contributed by atoms with Crippen molar-refractivity contribution in [2.45, 2.75) is 6.92 Å². The number of rotatable bonds is 3. The van der Waals surface area contributed by atoms with Crippen molar-refractivity contribution in [3.8, 4) is 0 Å². The summed E-state index contributed by atoms with van der Waals surface area (Å²) in [6.07, 6.45) is 1.72. The van der Waals surface area contributed by atoms with Gasteiger partial charge in [-0.25, -0.2) is 9.18 Å². The molecule has 1 aromatic carbocycles. The standard InChI is InChI=1S/C12H13FN4O2/c1-6-11(5-17(2)16-6)15-10-4-8(13)7(12(18)19)3-9(10)14/h3-5,15H,14H2,1-2H3,(H,18,19). The summed E-state index contributed by atoms with van der Waals surface area (Å²) < 4.78 is 15.2. The van der Waals surface area contributed by atoms with Gasteiger partial charge >= 0.3 is 5.97 Å². The molecule has 4 N–H and O–H groups in total. The van der Waals surface area contributed by atoms with Gasteiger partial charge in [-0.15, -0.1) is 0 Å². The first kappa shape index (κ1) is 12.9. The second-order valence-corrected chi connectivity index (χ2v) is 4.15. The fraction of sp³-hybridized carbons (Fsp3) is 0.167. The zero-order valence-electron chi connectivity index (χ0n) is 10.4. The van der Waals surface area contributed by atoms with Crippen molar-refractivity contribution in [1.29, 1.82) is 0 Å². The molecule has 0 fully saturated rings. The van der Waals surface area contributed by atoms with E-state index in [1.165, 1.54) is 0 Å². The van der Waals surface area contributed by atoms with E-state index in [1.807, 2.05) is 0 Å². The number of aromatic nitrogens is 2. The highest BCUT2D eigenvalue weighted by Crippen LogP contribution is 2.27. The topological polar surface area (TPSA) is 93.2 Å². The highest BCUT2D eigenvalue weighted by atomic mass is 19.1. The number of carbonyl (C=O) groups is 1. The number of aryl methyl sites for hydroxylation is 2. The number of hydrogen-bond donors (Lipinski definition) is 3. The average Bonchev–Trinajstić information content (AvgIpc) is 2.61. The highest BCUT2D eigenvalue weighted by Gasteiger charge is 2.14. The number of nitrogen functional groups attached to an aromatic ring is 1. The van der Waals surface area contributed by atoms with Crippen molar-refractivity contribution in [1.82, 2.24) is 9.78 Å². The van der Waals surface area contributed by atoms with E-state index in [0.717, 1.165) is 17.8 Å². The first-order valence-corrected chi connectivity index (χ1v) is 5.48. The van der Waals surface area contributed by atoms with Crippen LogP contribution in [0.1, 0.15) is 16.1 Å². The summed E-state index contributed by atoms with van der Waals surface area (Å²) in [5.74, 6) is -2.20. The van der Waals surface area contributed by atoms with Crippen molar-refractivity contribution < 1.29 is 14.3 Å². The Balaban J connectivity index is 2.39. The molecule has 0 aliphatic heterocycles. The molecule has 0 saturated carbocycles. The molecule has 0 aliphatic carbocycles. The lowest BCUT2D eigenvalue weighted by Crippen LogP contribution is -2.05. The van der Waals surface area contributed by atoms with E-state index in [4.69, 9.17) is 10.8 Å². The van der Waals surface area contributed by atoms with Gasteiger partial charge in [0.15, 0.2) is 0 Å². The number of hydrogen-bond acceptors (Lipinski definition) is 4. The molecule has 0 amide bonds. The molecule has 0 spiro atoms. The Morgan fingerprint density at radius 2 is 2.16 bits per heavy atom. The van der Waals surface area contributed by atoms with Crippen LogP contribution in [-0.4, -0.2) is 20.9 Å². The van der Waals surface area contributed by atoms with Gasteiger partial charge in [0.05, 0.1) is 28.3 Å². The molecule has 1 aromatic heterocycles. The van der Waals surface area contributed by atoms with E-state index in [-0.39, 0.29) is 5.69 Å². The van der Waals surface area contributed by atoms with Crippen molar-refractivity contribution in [2.24, 2.45) is 7.05 Å². The minimum Gasteiger partial charge on any atom is -0.478 e. The Morgan fingerprint density at radius 1 is 1.47 bits per heavy atom. The fourth-order valence-electron chi connectivity index (χ4n) is 1.73. The molecule has 100 valence electrons. The third kappa shape index (κ3) is 2.49. The number of benzene rings is 1. The molecule has 19 heavy (non-hydrogen) atoms. The first-order chi connectivity index (χ1) is 8.88. The van der Waals surface area contributed by atoms with Crippen molar-refractivity contribution in [2.75, 3.05) is 11.1 Å². The normalized spacial score (nSPS) is 10.5. The van der Waals surface area contributed by atoms with Gasteiger partial charge in [0.2, 0.25) is 0 Å². The lowest BCUT2D eigenvalue weighted by atomic mass is 10.1. The van der Waals surface area contributed by atoms with Gasteiger partial charge < -0.3 is 16.2 Å². The molecule has 0 saturated heterocycles. The molecular formula is C12H13FN4O2. The van der Waals surface area contributed by atoms with Crippen molar-refractivity contribution in [3.05, 3.63) is 35.4 Å². The number of nitrogens with one attached hydrogen (secondary N) is 1. The average molecular weight is 264 g/mol. The van der Waals surface area contributed by atoms with Crippen LogP contribution in [-0.2, 0) is 7.05 Å². The quantitative estimate of drug-likeness (QED) is 0.736. The Kier molecular flexibility index (Phi) is 3.12. The maximum atomic E-state index is 13.6. The minimum absolute atomic E-state index is 0.155. The van der Waals surface area contributed by atoms with Gasteiger partial charge in [-0.2, -0.15) is 5.10 Å². The summed E-state index contributed by atoms with van der Waals surface area (Å²) in [5.41, 5.74) is 7.12. The molecule has 0 atom stereocenters. The monoisotopic (exact) mass is 264 g/mol. The molecule has 2 rings (SSSR count). The summed E-state index contributed by atoms with van der Waals surface area (Å²) in [5, 5.41) is 15.8. The molecule has 7 heteroatoms. The van der Waals surface area contributed by atoms with Crippen LogP contribution in [0.3, 0.4) is 0 Å². The number of nitrogens with two attached hydrogens (primary N) is 1. The third-order valence-corrected chi connectivity index (χ3v) is 2.65. The summed E-state index contributed by atoms with van der Waals surface area (Å²) in [6, 6.07) is 2.15. The molecule has 0 aliphatic rings. The molecule has 6 nitrogen and oxygen atoms in total. The largest absolute Gasteiger partial charge is 0.478 e. The van der Waals surface area contributed by atoms with Crippen LogP contribution in [0.15, 0.2) is 18.3 Å². The van der Waals surface area contributed by atoms with Gasteiger partial charge in [-0.05, 0) is 13.0 Å². The lowest BCUT2D eigenvalue weighted by Gasteiger charge is -2.09. The van der Waals surface area contributed by atoms with Gasteiger partial charge in [0, 0.05) is 19.3 Å². The van der Waals surface area contributed by atoms with E-state index in [2.05, 4.69) is 10.4 Å². The first-order valence-electron chi connectivity index (χ1n) is 5.48. The zero-order chi connectivity index (χ0) is 14.2. The minimum atomic E-state index is -1.35. The van der Waals surface area contributed by atoms with Crippen molar-refractivity contribution >= 4 is 23.0 Å². The number of halogens is 1. The highest BCUT2D eigenvalue weighted by molar-refractivity contribution is 5.91. The summed E-state index contributed by atoms with van der Waals surface area (Å²) in [6.45, 7) is 1.79. The number of carboxylic acids is 1. The molecule has 0 bridgehead atoms. The second-order valence-electron chi connectivity index (χ2n) is 4.15. The summed E-state index contributed by atoms with van der Waals surface area (Å²) >= 11 is 0. The van der Waals surface area contributed by atoms with E-state index in [1.54, 1.807) is 24.9 Å². The Labute approximate surface area is 108 Å². The molecule has 1 heterocycles. The van der Waals surface area contributed by atoms with E-state index >= 15 is 0 Å². The maximum Gasteiger partial charge on any atom is 0.338 e. The number of anilines is 3. The van der Waals surface area contributed by atoms with Gasteiger partial charge in [0.1, 0.15) is 5.82 Å². The number of carboxylic acid groups (broad SMARTS) is 1. The molecule has 0 unspecified atom stereocenters. The Hall–Kier alpha value is -2.57. The van der Waals surface area contributed by atoms with Crippen LogP contribution in [0.4, 0.5) is 21.5 Å². The molecule has 2 aromatic rings. The predicted octanol–water partition coefficient (Wildman–Crippen LogP) is 1.89. The number of aromatic carboxylic acids is 1. The van der Waals surface area contributed by atoms with E-state index in [0.29, 0.717) is 11.4 Å². The third-order valence-electron chi connectivity index (χ3n) is 2.65. The zero-order valence-corrected chi connectivity index (χ0v) is 10.4. The smallest absolute Gasteiger partial charge is 0.338 e. The lowest BCUT2D eigenvalue weighted by molar-refractivity contribution is 0.0692. The van der Waals surface area contributed by atoms with Crippen LogP contribution in [0.25, 0.3) is 0 Å². The van der Waals surface area contributed by atoms with Crippen LogP contribution in [0.5, 0.6) is 0 Å². The Bertz CT molecular complexity index is 651. The summed E-state index contributed by atoms with van der Waals surface area (Å²) in [7, 11) is 1.76. The number of nitrogens with zero attached hydrogens (tertiary/aromatic N) is 2. The van der Waals surface area contributed by atoms with Crippen LogP contribution < -0.4 is 11.1 Å². The summed E-state index contributed by atoms with van der Waals surface area (Å²) in [4.78, 5) is 10.8. The predicted molar refractivity (Wildman–Crippen MR) is 69.0 cm³/mol. The van der Waals surface area contributed by atoms with Gasteiger partial charge in [0.25, 0.3) is 0 Å². The Morgan fingerprint density at radius 3 is 2.68 bits per heavy atom. The SMILES string of the molecule is Cc1nn(C)cc1Nc1cc(F)c(C(=O)O)cc1N. The van der Waals surface area contributed by atoms with Crippen LogP contribution in [0.2, 0.25) is 0 Å². The van der Waals surface area contributed by atoms with Crippen LogP contribution >= 0.6 is 0 Å². The second kappa shape index (κ2) is 4.60. The fourth-order valence-corrected chi connectivity index (χ4v) is 1.73. The molecule has 0 radical (unpaired) electrons. The van der Waals surface area contributed by atoms with E-state index in [9.17, 15) is 9.18 Å². The van der Waals surface area contributed by atoms with Gasteiger partial charge in [-0.3, -0.25) is 4.68 Å². The maximum absolute atomic E-state index is 13.6. The van der Waals surface area contributed by atoms with Crippen LogP contribution in [0, 0.1) is 12.7 Å². The van der Waals surface area contributed by atoms with Crippen molar-refractivity contribution in [3.63, 3.8) is 0 Å². The van der Waals surface area contributed by atoms with E-state index < -0.39 is 17.3 Å². The van der Waals surface area contributed by atoms with Gasteiger partial charge in [-0.1, -0.05) is 0 Å².